The fourth-order valence-electron chi connectivity index (χ4n) is 1.18. The molecule has 5 nitrogen and oxygen atoms in total. The lowest BCUT2D eigenvalue weighted by Gasteiger charge is -1.94. The summed E-state index contributed by atoms with van der Waals surface area (Å²) in [6.45, 7) is 2.05. The van der Waals surface area contributed by atoms with Gasteiger partial charge < -0.3 is 9.15 Å². The van der Waals surface area contributed by atoms with Gasteiger partial charge in [0, 0.05) is 6.42 Å². The molecule has 0 spiro atoms. The van der Waals surface area contributed by atoms with E-state index in [2.05, 4.69) is 10.2 Å². The average molecular weight is 196 g/mol. The van der Waals surface area contributed by atoms with Crippen LogP contribution in [0, 0.1) is 5.92 Å². The van der Waals surface area contributed by atoms with Crippen LogP contribution in [0.1, 0.15) is 36.3 Å². The molecule has 0 N–H and O–H groups in total. The molecule has 1 saturated carbocycles. The van der Waals surface area contributed by atoms with Crippen molar-refractivity contribution in [3.8, 4) is 0 Å². The van der Waals surface area contributed by atoms with Crippen LogP contribution in [-0.4, -0.2) is 22.8 Å². The van der Waals surface area contributed by atoms with Gasteiger partial charge in [-0.25, -0.2) is 4.79 Å². The van der Waals surface area contributed by atoms with E-state index in [-0.39, 0.29) is 5.89 Å². The molecular weight excluding hydrogens is 184 g/mol. The van der Waals surface area contributed by atoms with Crippen molar-refractivity contribution < 1.29 is 13.9 Å². The standard InChI is InChI=1S/C9H12N2O3/c1-2-13-9(12)8-11-10-7(14-8)5-6-3-4-6/h6H,2-5H2,1H3. The molecule has 2 rings (SSSR count). The third kappa shape index (κ3) is 2.10. The number of hydrogen-bond acceptors (Lipinski definition) is 5. The number of ether oxygens (including phenoxy) is 1. The molecule has 0 aliphatic heterocycles. The molecule has 0 radical (unpaired) electrons. The smallest absolute Gasteiger partial charge is 0.396 e. The second-order valence-corrected chi connectivity index (χ2v) is 3.37. The molecule has 1 aliphatic rings. The molecule has 0 amide bonds. The molecule has 0 atom stereocenters. The van der Waals surface area contributed by atoms with Crippen LogP contribution in [0.4, 0.5) is 0 Å². The Morgan fingerprint density at radius 1 is 1.57 bits per heavy atom. The molecular formula is C9H12N2O3. The molecule has 1 aromatic heterocycles. The van der Waals surface area contributed by atoms with Crippen LogP contribution < -0.4 is 0 Å². The Balaban J connectivity index is 1.97. The van der Waals surface area contributed by atoms with Gasteiger partial charge in [0.25, 0.3) is 0 Å². The molecule has 76 valence electrons. The first-order valence-corrected chi connectivity index (χ1v) is 4.79. The number of rotatable bonds is 4. The Kier molecular flexibility index (Phi) is 2.47. The van der Waals surface area contributed by atoms with Gasteiger partial charge >= 0.3 is 11.9 Å². The first-order chi connectivity index (χ1) is 6.79. The van der Waals surface area contributed by atoms with Gasteiger partial charge in [0.1, 0.15) is 0 Å². The van der Waals surface area contributed by atoms with Crippen LogP contribution in [0.5, 0.6) is 0 Å². The second-order valence-electron chi connectivity index (χ2n) is 3.37. The van der Waals surface area contributed by atoms with Gasteiger partial charge in [-0.1, -0.05) is 0 Å². The van der Waals surface area contributed by atoms with E-state index in [4.69, 9.17) is 9.15 Å². The summed E-state index contributed by atoms with van der Waals surface area (Å²) < 4.78 is 9.88. The third-order valence-corrected chi connectivity index (χ3v) is 2.08. The van der Waals surface area contributed by atoms with E-state index < -0.39 is 5.97 Å². The maximum absolute atomic E-state index is 11.1. The van der Waals surface area contributed by atoms with E-state index in [0.29, 0.717) is 18.4 Å². The Bertz CT molecular complexity index is 331. The van der Waals surface area contributed by atoms with Crippen molar-refractivity contribution in [1.82, 2.24) is 10.2 Å². The van der Waals surface area contributed by atoms with Gasteiger partial charge in [-0.3, -0.25) is 0 Å². The Morgan fingerprint density at radius 2 is 2.36 bits per heavy atom. The van der Waals surface area contributed by atoms with E-state index in [1.165, 1.54) is 12.8 Å². The maximum atomic E-state index is 11.1. The van der Waals surface area contributed by atoms with E-state index >= 15 is 0 Å². The number of aromatic nitrogens is 2. The zero-order valence-corrected chi connectivity index (χ0v) is 8.02. The van der Waals surface area contributed by atoms with Crippen molar-refractivity contribution in [2.75, 3.05) is 6.61 Å². The summed E-state index contributed by atoms with van der Waals surface area (Å²) in [4.78, 5) is 11.1. The summed E-state index contributed by atoms with van der Waals surface area (Å²) in [5, 5.41) is 7.41. The molecule has 1 aliphatic carbocycles. The Hall–Kier alpha value is -1.39. The van der Waals surface area contributed by atoms with Gasteiger partial charge in [0.2, 0.25) is 5.89 Å². The van der Waals surface area contributed by atoms with Gasteiger partial charge in [-0.15, -0.1) is 10.2 Å². The van der Waals surface area contributed by atoms with Crippen molar-refractivity contribution >= 4 is 5.97 Å². The van der Waals surface area contributed by atoms with Crippen molar-refractivity contribution in [2.24, 2.45) is 5.92 Å². The highest BCUT2D eigenvalue weighted by Gasteiger charge is 2.25. The minimum absolute atomic E-state index is 0.0394. The third-order valence-electron chi connectivity index (χ3n) is 2.08. The number of hydrogen-bond donors (Lipinski definition) is 0. The van der Waals surface area contributed by atoms with E-state index in [1.54, 1.807) is 6.92 Å². The maximum Gasteiger partial charge on any atom is 0.396 e. The lowest BCUT2D eigenvalue weighted by atomic mass is 10.3. The number of nitrogens with zero attached hydrogens (tertiary/aromatic N) is 2. The zero-order valence-electron chi connectivity index (χ0n) is 8.02. The summed E-state index contributed by atoms with van der Waals surface area (Å²) >= 11 is 0. The highest BCUT2D eigenvalue weighted by Crippen LogP contribution is 2.32. The van der Waals surface area contributed by atoms with Crippen molar-refractivity contribution in [2.45, 2.75) is 26.2 Å². The van der Waals surface area contributed by atoms with E-state index in [0.717, 1.165) is 6.42 Å². The highest BCUT2D eigenvalue weighted by atomic mass is 16.5. The van der Waals surface area contributed by atoms with Crippen molar-refractivity contribution in [3.05, 3.63) is 11.8 Å². The number of esters is 1. The zero-order chi connectivity index (χ0) is 9.97. The van der Waals surface area contributed by atoms with Crippen LogP contribution in [0.15, 0.2) is 4.42 Å². The van der Waals surface area contributed by atoms with Gasteiger partial charge in [0.15, 0.2) is 0 Å². The summed E-state index contributed by atoms with van der Waals surface area (Å²) in [6.07, 6.45) is 3.22. The fourth-order valence-corrected chi connectivity index (χ4v) is 1.18. The molecule has 1 fully saturated rings. The topological polar surface area (TPSA) is 65.2 Å². The summed E-state index contributed by atoms with van der Waals surface area (Å²) in [7, 11) is 0. The number of carbonyl (C=O) groups excluding carboxylic acids is 1. The molecule has 0 aromatic carbocycles. The monoisotopic (exact) mass is 196 g/mol. The first kappa shape index (κ1) is 9.18. The van der Waals surface area contributed by atoms with E-state index in [9.17, 15) is 4.79 Å². The quantitative estimate of drug-likeness (QED) is 0.677. The van der Waals surface area contributed by atoms with Gasteiger partial charge in [-0.2, -0.15) is 0 Å². The highest BCUT2D eigenvalue weighted by molar-refractivity contribution is 5.83. The van der Waals surface area contributed by atoms with Crippen molar-refractivity contribution in [3.63, 3.8) is 0 Å². The summed E-state index contributed by atoms with van der Waals surface area (Å²) in [5.74, 6) is 0.630. The van der Waals surface area contributed by atoms with Crippen LogP contribution >= 0.6 is 0 Å². The lowest BCUT2D eigenvalue weighted by Crippen LogP contribution is -2.04. The summed E-state index contributed by atoms with van der Waals surface area (Å²) in [5.41, 5.74) is 0. The number of carbonyl (C=O) groups is 1. The molecule has 0 unspecified atom stereocenters. The first-order valence-electron chi connectivity index (χ1n) is 4.79. The Labute approximate surface area is 81.5 Å². The molecule has 1 aromatic rings. The molecule has 5 heteroatoms. The van der Waals surface area contributed by atoms with Gasteiger partial charge in [-0.05, 0) is 25.7 Å². The largest absolute Gasteiger partial charge is 0.459 e. The van der Waals surface area contributed by atoms with Crippen LogP contribution in [0.25, 0.3) is 0 Å². The predicted octanol–water partition coefficient (Wildman–Crippen LogP) is 1.20. The van der Waals surface area contributed by atoms with Crippen molar-refractivity contribution in [1.29, 1.82) is 0 Å². The molecule has 14 heavy (non-hydrogen) atoms. The van der Waals surface area contributed by atoms with Crippen LogP contribution in [0.2, 0.25) is 0 Å². The SMILES string of the molecule is CCOC(=O)c1nnc(CC2CC2)o1. The predicted molar refractivity (Wildman–Crippen MR) is 46.7 cm³/mol. The molecule has 0 bridgehead atoms. The average Bonchev–Trinajstić information content (AvgIpc) is 2.82. The lowest BCUT2D eigenvalue weighted by molar-refractivity contribution is 0.0478. The second kappa shape index (κ2) is 3.77. The van der Waals surface area contributed by atoms with Crippen LogP contribution in [0.3, 0.4) is 0 Å². The minimum atomic E-state index is -0.540. The minimum Gasteiger partial charge on any atom is -0.459 e. The van der Waals surface area contributed by atoms with Crippen LogP contribution in [-0.2, 0) is 11.2 Å². The van der Waals surface area contributed by atoms with E-state index in [1.807, 2.05) is 0 Å². The molecule has 0 saturated heterocycles. The Morgan fingerprint density at radius 3 is 3.00 bits per heavy atom. The summed E-state index contributed by atoms with van der Waals surface area (Å²) in [6, 6.07) is 0. The fraction of sp³-hybridized carbons (Fsp3) is 0.667. The normalized spacial score (nSPS) is 15.5. The molecule has 1 heterocycles. The van der Waals surface area contributed by atoms with Gasteiger partial charge in [0.05, 0.1) is 6.61 Å².